The fraction of sp³-hybridized carbons (Fsp3) is 0.400. The van der Waals surface area contributed by atoms with Crippen molar-refractivity contribution in [2.24, 2.45) is 4.99 Å². The van der Waals surface area contributed by atoms with E-state index in [4.69, 9.17) is 34.8 Å². The van der Waals surface area contributed by atoms with Crippen molar-refractivity contribution in [1.82, 2.24) is 4.90 Å². The molecule has 2 nitrogen and oxygen atoms in total. The normalized spacial score (nSPS) is 26.0. The van der Waals surface area contributed by atoms with Gasteiger partial charge in [0.05, 0.1) is 5.03 Å². The maximum Gasteiger partial charge on any atom is 0.198 e. The van der Waals surface area contributed by atoms with Crippen LogP contribution in [0.5, 0.6) is 0 Å². The van der Waals surface area contributed by atoms with E-state index in [2.05, 4.69) is 4.99 Å². The number of hydrogen-bond acceptors (Lipinski definition) is 2. The van der Waals surface area contributed by atoms with Gasteiger partial charge in [-0.2, -0.15) is 0 Å². The summed E-state index contributed by atoms with van der Waals surface area (Å²) in [7, 11) is 1.77. The van der Waals surface area contributed by atoms with Crippen molar-refractivity contribution in [2.45, 2.75) is 5.62 Å². The number of nitrogens with zero attached hydrogens (tertiary/aromatic N) is 2. The second-order valence-corrected chi connectivity index (χ2v) is 3.03. The first-order chi connectivity index (χ1) is 4.61. The number of alkyl halides is 1. The summed E-state index contributed by atoms with van der Waals surface area (Å²) in [6.45, 7) is 0. The zero-order valence-electron chi connectivity index (χ0n) is 5.18. The highest BCUT2D eigenvalue weighted by Gasteiger charge is 2.15. The molecule has 1 aliphatic rings. The van der Waals surface area contributed by atoms with Gasteiger partial charge in [0.2, 0.25) is 0 Å². The zero-order chi connectivity index (χ0) is 7.72. The highest BCUT2D eigenvalue weighted by atomic mass is 35.5. The molecule has 1 rings (SSSR count). The highest BCUT2D eigenvalue weighted by Crippen LogP contribution is 2.19. The van der Waals surface area contributed by atoms with Gasteiger partial charge in [0, 0.05) is 13.2 Å². The fourth-order valence-corrected chi connectivity index (χ4v) is 1.09. The Hall–Kier alpha value is 0.0800. The predicted molar refractivity (Wildman–Crippen MR) is 44.6 cm³/mol. The summed E-state index contributed by atoms with van der Waals surface area (Å²) in [4.78, 5) is 5.48. The maximum atomic E-state index is 5.68. The molecule has 1 heterocycles. The van der Waals surface area contributed by atoms with Crippen LogP contribution in [0.15, 0.2) is 16.2 Å². The van der Waals surface area contributed by atoms with Gasteiger partial charge in [-0.1, -0.05) is 34.8 Å². The molecule has 0 aromatic carbocycles. The molecule has 0 aromatic heterocycles. The minimum Gasteiger partial charge on any atom is -0.345 e. The van der Waals surface area contributed by atoms with Crippen LogP contribution in [0, 0.1) is 0 Å². The summed E-state index contributed by atoms with van der Waals surface area (Å²) >= 11 is 16.9. The van der Waals surface area contributed by atoms with Crippen LogP contribution in [-0.2, 0) is 0 Å². The second kappa shape index (κ2) is 2.99. The summed E-state index contributed by atoms with van der Waals surface area (Å²) < 4.78 is 0. The largest absolute Gasteiger partial charge is 0.345 e. The van der Waals surface area contributed by atoms with Gasteiger partial charge < -0.3 is 4.90 Å². The van der Waals surface area contributed by atoms with Crippen molar-refractivity contribution < 1.29 is 0 Å². The van der Waals surface area contributed by atoms with E-state index in [-0.39, 0.29) is 5.17 Å². The van der Waals surface area contributed by atoms with Crippen LogP contribution >= 0.6 is 34.8 Å². The number of halogens is 3. The topological polar surface area (TPSA) is 15.6 Å². The van der Waals surface area contributed by atoms with Gasteiger partial charge in [0.1, 0.15) is 5.17 Å². The maximum absolute atomic E-state index is 5.68. The summed E-state index contributed by atoms with van der Waals surface area (Å²) in [6.07, 6.45) is 1.63. The lowest BCUT2D eigenvalue weighted by Crippen LogP contribution is -2.24. The second-order valence-electron chi connectivity index (χ2n) is 1.87. The molecule has 0 radical (unpaired) electrons. The Morgan fingerprint density at radius 2 is 2.20 bits per heavy atom. The first-order valence-corrected chi connectivity index (χ1v) is 3.77. The molecule has 0 saturated carbocycles. The van der Waals surface area contributed by atoms with Crippen LogP contribution in [0.1, 0.15) is 0 Å². The Bertz CT molecular complexity index is 177. The van der Waals surface area contributed by atoms with Crippen LogP contribution in [0.4, 0.5) is 0 Å². The number of hydrogen-bond donors (Lipinski definition) is 0. The van der Waals surface area contributed by atoms with Crippen molar-refractivity contribution in [3.8, 4) is 0 Å². The van der Waals surface area contributed by atoms with E-state index in [9.17, 15) is 0 Å². The molecule has 1 atom stereocenters. The lowest BCUT2D eigenvalue weighted by molar-refractivity contribution is 0.426. The first-order valence-electron chi connectivity index (χ1n) is 2.58. The lowest BCUT2D eigenvalue weighted by Gasteiger charge is -2.21. The van der Waals surface area contributed by atoms with Crippen LogP contribution in [0.25, 0.3) is 0 Å². The fourth-order valence-electron chi connectivity index (χ4n) is 0.540. The third-order valence-corrected chi connectivity index (χ3v) is 2.15. The summed E-state index contributed by atoms with van der Waals surface area (Å²) in [5.74, 6) is 0. The van der Waals surface area contributed by atoms with E-state index in [1.807, 2.05) is 0 Å². The molecule has 5 heteroatoms. The Morgan fingerprint density at radius 3 is 2.70 bits per heavy atom. The molecule has 0 fully saturated rings. The Kier molecular flexibility index (Phi) is 2.45. The zero-order valence-corrected chi connectivity index (χ0v) is 7.45. The molecular formula is C5H5Cl3N2. The van der Waals surface area contributed by atoms with Crippen molar-refractivity contribution >= 4 is 40.0 Å². The Balaban J connectivity index is 2.83. The van der Waals surface area contributed by atoms with Gasteiger partial charge in [0.25, 0.3) is 0 Å². The average Bonchev–Trinajstić information content (AvgIpc) is 1.84. The molecule has 1 unspecified atom stereocenters. The van der Waals surface area contributed by atoms with E-state index < -0.39 is 5.62 Å². The van der Waals surface area contributed by atoms with Gasteiger partial charge in [-0.25, -0.2) is 4.99 Å². The van der Waals surface area contributed by atoms with Crippen LogP contribution in [0.3, 0.4) is 0 Å². The van der Waals surface area contributed by atoms with Gasteiger partial charge in [0.15, 0.2) is 5.62 Å². The Labute approximate surface area is 74.1 Å². The molecular weight excluding hydrogens is 194 g/mol. The van der Waals surface area contributed by atoms with Crippen molar-refractivity contribution in [3.63, 3.8) is 0 Å². The summed E-state index contributed by atoms with van der Waals surface area (Å²) in [5.41, 5.74) is -0.435. The third kappa shape index (κ3) is 1.57. The average molecular weight is 199 g/mol. The molecule has 1 aliphatic heterocycles. The van der Waals surface area contributed by atoms with Gasteiger partial charge in [-0.3, -0.25) is 0 Å². The molecule has 0 N–H and O–H groups in total. The molecule has 0 saturated heterocycles. The minimum atomic E-state index is -0.435. The molecule has 10 heavy (non-hydrogen) atoms. The Morgan fingerprint density at radius 1 is 1.60 bits per heavy atom. The van der Waals surface area contributed by atoms with Gasteiger partial charge in [-0.15, -0.1) is 0 Å². The van der Waals surface area contributed by atoms with Crippen molar-refractivity contribution in [3.05, 3.63) is 11.2 Å². The highest BCUT2D eigenvalue weighted by molar-refractivity contribution is 6.76. The quantitative estimate of drug-likeness (QED) is 0.431. The molecule has 0 bridgehead atoms. The molecule has 0 amide bonds. The lowest BCUT2D eigenvalue weighted by atomic mass is 10.5. The van der Waals surface area contributed by atoms with E-state index >= 15 is 0 Å². The number of rotatable bonds is 0. The molecule has 56 valence electrons. The van der Waals surface area contributed by atoms with E-state index in [0.29, 0.717) is 5.03 Å². The third-order valence-electron chi connectivity index (χ3n) is 1.07. The molecule has 0 aromatic rings. The van der Waals surface area contributed by atoms with Crippen LogP contribution < -0.4 is 0 Å². The summed E-state index contributed by atoms with van der Waals surface area (Å²) in [6, 6.07) is 0. The monoisotopic (exact) mass is 198 g/mol. The van der Waals surface area contributed by atoms with Crippen molar-refractivity contribution in [1.29, 1.82) is 0 Å². The van der Waals surface area contributed by atoms with E-state index in [0.717, 1.165) is 0 Å². The van der Waals surface area contributed by atoms with Gasteiger partial charge in [-0.05, 0) is 0 Å². The van der Waals surface area contributed by atoms with E-state index in [1.54, 1.807) is 18.1 Å². The number of allylic oxidation sites excluding steroid dienone is 1. The van der Waals surface area contributed by atoms with Crippen LogP contribution in [-0.4, -0.2) is 22.7 Å². The van der Waals surface area contributed by atoms with Gasteiger partial charge >= 0.3 is 0 Å². The standard InChI is InChI=1S/C5H5Cl3N2/c1-10-2-3(6)4(7)9-5(10)8/h2,5H,1H3. The smallest absolute Gasteiger partial charge is 0.198 e. The molecule has 0 spiro atoms. The first kappa shape index (κ1) is 8.18. The SMILES string of the molecule is CN1C=C(Cl)C(Cl)=NC1Cl. The van der Waals surface area contributed by atoms with E-state index in [1.165, 1.54) is 0 Å². The minimum absolute atomic E-state index is 0.264. The number of aliphatic imine (C=N–C) groups is 1. The molecule has 0 aliphatic carbocycles. The summed E-state index contributed by atoms with van der Waals surface area (Å²) in [5, 5.41) is 0.681. The predicted octanol–water partition coefficient (Wildman–Crippen LogP) is 2.17. The van der Waals surface area contributed by atoms with Crippen LogP contribution in [0.2, 0.25) is 0 Å². The van der Waals surface area contributed by atoms with Crippen molar-refractivity contribution in [2.75, 3.05) is 7.05 Å².